The number of rotatable bonds is 7. The highest BCUT2D eigenvalue weighted by molar-refractivity contribution is 7.92. The van der Waals surface area contributed by atoms with Crippen molar-refractivity contribution in [3.05, 3.63) is 0 Å². The first-order chi connectivity index (χ1) is 7.09. The van der Waals surface area contributed by atoms with Crippen LogP contribution in [0.2, 0.25) is 0 Å². The van der Waals surface area contributed by atoms with Crippen LogP contribution in [0.5, 0.6) is 0 Å². The summed E-state index contributed by atoms with van der Waals surface area (Å²) in [5.41, 5.74) is 4.54. The van der Waals surface area contributed by atoms with Gasteiger partial charge < -0.3 is 11.1 Å². The molecule has 0 unspecified atom stereocenters. The summed E-state index contributed by atoms with van der Waals surface area (Å²) in [6, 6.07) is 0. The zero-order valence-corrected chi connectivity index (χ0v) is 11.2. The van der Waals surface area contributed by atoms with Crippen molar-refractivity contribution in [1.29, 1.82) is 0 Å². The Morgan fingerprint density at radius 3 is 2.25 bits per heavy atom. The Balaban J connectivity index is 4.00. The van der Waals surface area contributed by atoms with Gasteiger partial charge in [-0.25, -0.2) is 8.42 Å². The van der Waals surface area contributed by atoms with Crippen molar-refractivity contribution in [3.8, 4) is 0 Å². The van der Waals surface area contributed by atoms with Crippen LogP contribution in [0.3, 0.4) is 0 Å². The summed E-state index contributed by atoms with van der Waals surface area (Å²) in [6.45, 7) is 7.48. The minimum absolute atomic E-state index is 0.0828. The summed E-state index contributed by atoms with van der Waals surface area (Å²) >= 11 is 0. The van der Waals surface area contributed by atoms with Crippen molar-refractivity contribution in [2.45, 2.75) is 32.9 Å². The normalized spacial score (nSPS) is 13.1. The third-order valence-corrected chi connectivity index (χ3v) is 4.73. The molecule has 0 saturated carbocycles. The SMILES string of the molecule is CC(C)S(=O)(=O)CCNCC(C)(C)C(N)=O. The maximum Gasteiger partial charge on any atom is 0.224 e. The molecule has 16 heavy (non-hydrogen) atoms. The molecule has 0 heterocycles. The lowest BCUT2D eigenvalue weighted by molar-refractivity contribution is -0.125. The Morgan fingerprint density at radius 1 is 1.38 bits per heavy atom. The average Bonchev–Trinajstić information content (AvgIpc) is 2.12. The summed E-state index contributed by atoms with van der Waals surface area (Å²) in [6.07, 6.45) is 0. The maximum atomic E-state index is 11.5. The van der Waals surface area contributed by atoms with Gasteiger partial charge in [0.15, 0.2) is 9.84 Å². The maximum absolute atomic E-state index is 11.5. The van der Waals surface area contributed by atoms with Crippen LogP contribution in [0.1, 0.15) is 27.7 Å². The smallest absolute Gasteiger partial charge is 0.224 e. The molecule has 0 aromatic carbocycles. The van der Waals surface area contributed by atoms with Crippen LogP contribution in [0.25, 0.3) is 0 Å². The Morgan fingerprint density at radius 2 is 1.88 bits per heavy atom. The Hall–Kier alpha value is -0.620. The van der Waals surface area contributed by atoms with E-state index in [0.29, 0.717) is 13.1 Å². The van der Waals surface area contributed by atoms with Crippen LogP contribution < -0.4 is 11.1 Å². The second kappa shape index (κ2) is 5.63. The Kier molecular flexibility index (Phi) is 5.41. The molecule has 0 aliphatic carbocycles. The highest BCUT2D eigenvalue weighted by Gasteiger charge is 2.24. The fourth-order valence-corrected chi connectivity index (χ4v) is 1.84. The van der Waals surface area contributed by atoms with E-state index in [-0.39, 0.29) is 11.0 Å². The monoisotopic (exact) mass is 250 g/mol. The van der Waals surface area contributed by atoms with E-state index in [1.54, 1.807) is 27.7 Å². The van der Waals surface area contributed by atoms with E-state index in [1.807, 2.05) is 0 Å². The van der Waals surface area contributed by atoms with Crippen molar-refractivity contribution >= 4 is 15.7 Å². The molecule has 0 aliphatic heterocycles. The summed E-state index contributed by atoms with van der Waals surface area (Å²) in [7, 11) is -3.01. The number of nitrogens with two attached hydrogens (primary N) is 1. The fourth-order valence-electron chi connectivity index (χ4n) is 0.938. The van der Waals surface area contributed by atoms with Crippen LogP contribution >= 0.6 is 0 Å². The van der Waals surface area contributed by atoms with Crippen molar-refractivity contribution in [1.82, 2.24) is 5.32 Å². The zero-order chi connectivity index (χ0) is 13.0. The molecule has 3 N–H and O–H groups in total. The summed E-state index contributed by atoms with van der Waals surface area (Å²) < 4.78 is 22.9. The molecule has 0 rings (SSSR count). The van der Waals surface area contributed by atoms with Gasteiger partial charge in [0.25, 0.3) is 0 Å². The molecule has 0 fully saturated rings. The molecule has 6 heteroatoms. The van der Waals surface area contributed by atoms with Crippen molar-refractivity contribution in [3.63, 3.8) is 0 Å². The molecule has 0 atom stereocenters. The predicted octanol–water partition coefficient (Wildman–Crippen LogP) is -0.0893. The molecule has 0 aromatic heterocycles. The van der Waals surface area contributed by atoms with Gasteiger partial charge in [0.2, 0.25) is 5.91 Å². The van der Waals surface area contributed by atoms with Crippen LogP contribution in [-0.4, -0.2) is 38.4 Å². The van der Waals surface area contributed by atoms with Gasteiger partial charge in [-0.1, -0.05) is 0 Å². The van der Waals surface area contributed by atoms with Gasteiger partial charge in [0.1, 0.15) is 0 Å². The van der Waals surface area contributed by atoms with E-state index in [4.69, 9.17) is 5.73 Å². The minimum atomic E-state index is -3.01. The van der Waals surface area contributed by atoms with E-state index in [2.05, 4.69) is 5.32 Å². The third kappa shape index (κ3) is 4.94. The number of primary amides is 1. The molecule has 0 radical (unpaired) electrons. The molecular formula is C10H22N2O3S. The van der Waals surface area contributed by atoms with Crippen molar-refractivity contribution in [2.75, 3.05) is 18.8 Å². The molecule has 0 saturated heterocycles. The number of carbonyl (C=O) groups is 1. The highest BCUT2D eigenvalue weighted by Crippen LogP contribution is 2.11. The molecule has 0 aliphatic rings. The number of nitrogens with one attached hydrogen (secondary N) is 1. The first-order valence-corrected chi connectivity index (χ1v) is 7.03. The number of hydrogen-bond donors (Lipinski definition) is 2. The van der Waals surface area contributed by atoms with Gasteiger partial charge in [0.05, 0.1) is 16.4 Å². The summed E-state index contributed by atoms with van der Waals surface area (Å²) in [5.74, 6) is -0.314. The van der Waals surface area contributed by atoms with Crippen molar-refractivity contribution < 1.29 is 13.2 Å². The lowest BCUT2D eigenvalue weighted by Crippen LogP contribution is -2.41. The molecule has 96 valence electrons. The Bertz CT molecular complexity index is 334. The first kappa shape index (κ1) is 15.4. The topological polar surface area (TPSA) is 89.3 Å². The Labute approximate surface area is 97.7 Å². The third-order valence-electron chi connectivity index (χ3n) is 2.52. The van der Waals surface area contributed by atoms with Gasteiger partial charge in [-0.2, -0.15) is 0 Å². The minimum Gasteiger partial charge on any atom is -0.369 e. The lowest BCUT2D eigenvalue weighted by Gasteiger charge is -2.20. The van der Waals surface area contributed by atoms with Gasteiger partial charge in [-0.15, -0.1) is 0 Å². The molecule has 5 nitrogen and oxygen atoms in total. The van der Waals surface area contributed by atoms with Crippen molar-refractivity contribution in [2.24, 2.45) is 11.1 Å². The molecular weight excluding hydrogens is 228 g/mol. The number of carbonyl (C=O) groups excluding carboxylic acids is 1. The van der Waals surface area contributed by atoms with E-state index in [1.165, 1.54) is 0 Å². The fraction of sp³-hybridized carbons (Fsp3) is 0.900. The molecule has 1 amide bonds. The second-order valence-corrected chi connectivity index (χ2v) is 7.52. The second-order valence-electron chi connectivity index (χ2n) is 4.84. The molecule has 0 aromatic rings. The number of sulfone groups is 1. The van der Waals surface area contributed by atoms with Crippen LogP contribution in [0.4, 0.5) is 0 Å². The van der Waals surface area contributed by atoms with Gasteiger partial charge in [0, 0.05) is 13.1 Å². The summed E-state index contributed by atoms with van der Waals surface area (Å²) in [4.78, 5) is 11.0. The average molecular weight is 250 g/mol. The largest absolute Gasteiger partial charge is 0.369 e. The van der Waals surface area contributed by atoms with Crippen LogP contribution in [-0.2, 0) is 14.6 Å². The van der Waals surface area contributed by atoms with Crippen LogP contribution in [0, 0.1) is 5.41 Å². The molecule has 0 spiro atoms. The van der Waals surface area contributed by atoms with Gasteiger partial charge in [-0.3, -0.25) is 4.79 Å². The summed E-state index contributed by atoms with van der Waals surface area (Å²) in [5, 5.41) is 2.58. The number of hydrogen-bond acceptors (Lipinski definition) is 4. The van der Waals surface area contributed by atoms with Crippen LogP contribution in [0.15, 0.2) is 0 Å². The van der Waals surface area contributed by atoms with E-state index in [0.717, 1.165) is 0 Å². The van der Waals surface area contributed by atoms with Gasteiger partial charge in [-0.05, 0) is 27.7 Å². The van der Waals surface area contributed by atoms with E-state index >= 15 is 0 Å². The highest BCUT2D eigenvalue weighted by atomic mass is 32.2. The quantitative estimate of drug-likeness (QED) is 0.618. The standard InChI is InChI=1S/C10H22N2O3S/c1-8(2)16(14,15)6-5-12-7-10(3,4)9(11)13/h8,12H,5-7H2,1-4H3,(H2,11,13). The first-order valence-electron chi connectivity index (χ1n) is 5.32. The number of amides is 1. The zero-order valence-electron chi connectivity index (χ0n) is 10.4. The lowest BCUT2D eigenvalue weighted by atomic mass is 9.93. The molecule has 0 bridgehead atoms. The van der Waals surface area contributed by atoms with E-state index in [9.17, 15) is 13.2 Å². The van der Waals surface area contributed by atoms with E-state index < -0.39 is 21.2 Å². The van der Waals surface area contributed by atoms with Gasteiger partial charge >= 0.3 is 0 Å². The predicted molar refractivity (Wildman–Crippen MR) is 64.8 cm³/mol.